The van der Waals surface area contributed by atoms with Gasteiger partial charge in [0.2, 0.25) is 0 Å². The predicted octanol–water partition coefficient (Wildman–Crippen LogP) is 19.3. The van der Waals surface area contributed by atoms with Crippen LogP contribution in [0.3, 0.4) is 0 Å². The second-order valence-electron chi connectivity index (χ2n) is 28.6. The average Bonchev–Trinajstić information content (AvgIpc) is 3.23. The molecule has 0 aromatic rings. The quantitative estimate of drug-likeness (QED) is 0.204. The first kappa shape index (κ1) is 72.0. The van der Waals surface area contributed by atoms with Gasteiger partial charge in [-0.3, -0.25) is 0 Å². The number of piperidine rings is 1. The predicted molar refractivity (Wildman–Crippen MR) is 315 cm³/mol. The Bertz CT molecular complexity index is 934. The minimum atomic E-state index is 0. The Balaban J connectivity index is 0. The molecule has 3 radical (unpaired) electrons. The van der Waals surface area contributed by atoms with E-state index in [0.29, 0.717) is 29.8 Å². The fourth-order valence-electron chi connectivity index (χ4n) is 11.1. The van der Waals surface area contributed by atoms with Gasteiger partial charge < -0.3 is 19.1 Å². The Morgan fingerprint density at radius 2 is 0.600 bits per heavy atom. The van der Waals surface area contributed by atoms with Gasteiger partial charge in [0.1, 0.15) is 0 Å². The highest BCUT2D eigenvalue weighted by Gasteiger charge is 2.53. The Labute approximate surface area is 446 Å². The Morgan fingerprint density at radius 3 is 0.843 bits per heavy atom. The van der Waals surface area contributed by atoms with E-state index in [1.807, 2.05) is 0 Å². The molecule has 5 heteroatoms. The molecule has 2 atom stereocenters. The van der Waals surface area contributed by atoms with Crippen LogP contribution in [0.2, 0.25) is 0 Å². The molecule has 3 aliphatic carbocycles. The Hall–Kier alpha value is -0.0951. The minimum absolute atomic E-state index is 0. The van der Waals surface area contributed by atoms with E-state index < -0.39 is 0 Å². The molecule has 6 aliphatic rings. The second kappa shape index (κ2) is 37.6. The molecule has 6 fully saturated rings. The van der Waals surface area contributed by atoms with E-state index in [2.05, 4.69) is 185 Å². The first-order valence-corrected chi connectivity index (χ1v) is 30.5. The second-order valence-corrected chi connectivity index (χ2v) is 28.6. The van der Waals surface area contributed by atoms with Crippen molar-refractivity contribution < 1.29 is 14.2 Å². The van der Waals surface area contributed by atoms with Gasteiger partial charge in [-0.05, 0) is 204 Å². The topological polar surface area (TPSA) is 30.9 Å². The third-order valence-electron chi connectivity index (χ3n) is 17.1. The molecule has 1 spiro atoms. The molecule has 3 saturated heterocycles. The lowest BCUT2D eigenvalue weighted by atomic mass is 9.45. The molecule has 3 heterocycles. The SMILES string of the molecule is CC(C)C.CC(C)C.CC(C)C1CC2(C1)CC(C(C)C)C2.CC(C)C1CCC(C(C)C)CC1.CC(C)C1CCC(C(C)C)OC1.CC(C)C1CCN(C(C)C)CC1.CC(C)C1COC(C(C)C)OC1.[B]. The first-order chi connectivity index (χ1) is 31.9. The normalized spacial score (nSPS) is 29.2. The number of hydrogen-bond donors (Lipinski definition) is 0. The van der Waals surface area contributed by atoms with E-state index in [0.717, 1.165) is 114 Å². The average molecular weight is 988 g/mol. The molecule has 3 aliphatic heterocycles. The van der Waals surface area contributed by atoms with Crippen molar-refractivity contribution in [1.82, 2.24) is 4.90 Å². The van der Waals surface area contributed by atoms with Crippen LogP contribution >= 0.6 is 0 Å². The van der Waals surface area contributed by atoms with Crippen LogP contribution in [0, 0.1) is 112 Å². The fraction of sp³-hybridized carbons (Fsp3) is 1.00. The summed E-state index contributed by atoms with van der Waals surface area (Å²) in [5.41, 5.74) is 0.851. The van der Waals surface area contributed by atoms with Gasteiger partial charge in [-0.1, -0.05) is 166 Å². The van der Waals surface area contributed by atoms with Crippen LogP contribution < -0.4 is 0 Å². The van der Waals surface area contributed by atoms with E-state index in [9.17, 15) is 0 Å². The summed E-state index contributed by atoms with van der Waals surface area (Å²) < 4.78 is 17.0. The first-order valence-electron chi connectivity index (χ1n) is 30.5. The smallest absolute Gasteiger partial charge is 0.159 e. The molecule has 2 unspecified atom stereocenters. The van der Waals surface area contributed by atoms with Gasteiger partial charge in [-0.25, -0.2) is 0 Å². The van der Waals surface area contributed by atoms with Gasteiger partial charge in [0, 0.05) is 26.3 Å². The summed E-state index contributed by atoms with van der Waals surface area (Å²) in [6, 6.07) is 0.748. The lowest BCUT2D eigenvalue weighted by Crippen LogP contribution is -2.50. The molecule has 0 bridgehead atoms. The number of likely N-dealkylation sites (tertiary alicyclic amines) is 1. The standard InChI is InChI=1S/C13H24.C12H24.C11H23N.C11H22O.C10H20O2.2C4H10.B/c1-9(2)11-5-13(6-11)7-12(8-13)10(3)4;2*1-9(2)11-5-7-12(8-6-11)10(3)4;1-8(2)10-5-6-11(9(3)4)12-7-10;1-7(2)9-5-11-10(8(3)4)12-6-9;2*1-4(2)3;/h9-12H,5-8H2,1-4H3;9-12H,5-8H2,1-4H3;9-11H,5-8H2,1-4H3;8-11H,5-7H2,1-4H3;7-10H,5-6H2,1-4H3;2*4H,1-3H3;. The van der Waals surface area contributed by atoms with Crippen molar-refractivity contribution in [3.8, 4) is 0 Å². The third-order valence-corrected chi connectivity index (χ3v) is 17.1. The van der Waals surface area contributed by atoms with Gasteiger partial charge in [-0.15, -0.1) is 0 Å². The zero-order valence-corrected chi connectivity index (χ0v) is 52.9. The van der Waals surface area contributed by atoms with Crippen LogP contribution in [0.5, 0.6) is 0 Å². The number of rotatable bonds is 10. The fourth-order valence-corrected chi connectivity index (χ4v) is 11.1. The van der Waals surface area contributed by atoms with Gasteiger partial charge in [0.15, 0.2) is 6.29 Å². The van der Waals surface area contributed by atoms with Crippen molar-refractivity contribution in [1.29, 1.82) is 0 Å². The maximum Gasteiger partial charge on any atom is 0.159 e. The van der Waals surface area contributed by atoms with Crippen molar-refractivity contribution >= 4 is 8.41 Å². The number of ether oxygens (including phenoxy) is 3. The van der Waals surface area contributed by atoms with Gasteiger partial charge in [-0.2, -0.15) is 0 Å². The summed E-state index contributed by atoms with van der Waals surface area (Å²) in [7, 11) is 0. The number of hydrogen-bond acceptors (Lipinski definition) is 4. The number of nitrogens with zero attached hydrogens (tertiary/aromatic N) is 1. The molecule has 0 amide bonds. The van der Waals surface area contributed by atoms with Crippen molar-refractivity contribution in [3.05, 3.63) is 0 Å². The molecule has 0 N–H and O–H groups in total. The van der Waals surface area contributed by atoms with E-state index in [4.69, 9.17) is 14.2 Å². The summed E-state index contributed by atoms with van der Waals surface area (Å²) in [4.78, 5) is 2.60. The Morgan fingerprint density at radius 1 is 0.314 bits per heavy atom. The summed E-state index contributed by atoms with van der Waals surface area (Å²) in [6.45, 7) is 64.5. The van der Waals surface area contributed by atoms with Gasteiger partial charge in [0.25, 0.3) is 0 Å². The maximum atomic E-state index is 5.81. The summed E-state index contributed by atoms with van der Waals surface area (Å²) in [5, 5.41) is 0. The molecule has 3 saturated carbocycles. The summed E-state index contributed by atoms with van der Waals surface area (Å²) in [6.07, 6.45) is 18.2. The summed E-state index contributed by atoms with van der Waals surface area (Å²) >= 11 is 0. The minimum Gasteiger partial charge on any atom is -0.378 e. The highest BCUT2D eigenvalue weighted by atomic mass is 16.7. The van der Waals surface area contributed by atoms with E-state index in [-0.39, 0.29) is 14.7 Å². The lowest BCUT2D eigenvalue weighted by molar-refractivity contribution is -0.224. The van der Waals surface area contributed by atoms with E-state index >= 15 is 0 Å². The van der Waals surface area contributed by atoms with E-state index in [1.54, 1.807) is 25.7 Å². The van der Waals surface area contributed by atoms with Crippen LogP contribution in [-0.4, -0.2) is 64.7 Å². The third kappa shape index (κ3) is 30.5. The zero-order valence-electron chi connectivity index (χ0n) is 52.9. The van der Waals surface area contributed by atoms with Crippen LogP contribution in [0.1, 0.15) is 257 Å². The maximum absolute atomic E-state index is 5.81. The lowest BCUT2D eigenvalue weighted by Gasteiger charge is -2.60. The van der Waals surface area contributed by atoms with Crippen LogP contribution in [0.15, 0.2) is 0 Å². The highest BCUT2D eigenvalue weighted by Crippen LogP contribution is 2.64. The van der Waals surface area contributed by atoms with Crippen molar-refractivity contribution in [2.75, 3.05) is 32.9 Å². The Kier molecular flexibility index (Phi) is 38.7. The molecular formula is C65H133BNO3. The largest absolute Gasteiger partial charge is 0.378 e. The molecular weight excluding hydrogens is 854 g/mol. The van der Waals surface area contributed by atoms with Crippen LogP contribution in [-0.2, 0) is 14.2 Å². The van der Waals surface area contributed by atoms with Gasteiger partial charge >= 0.3 is 0 Å². The van der Waals surface area contributed by atoms with E-state index in [1.165, 1.54) is 64.5 Å². The molecule has 0 aromatic carbocycles. The van der Waals surface area contributed by atoms with Crippen LogP contribution in [0.25, 0.3) is 0 Å². The molecule has 0 aromatic heterocycles. The molecule has 419 valence electrons. The molecule has 6 rings (SSSR count). The summed E-state index contributed by atoms with van der Waals surface area (Å²) in [5.74, 6) is 15.4. The van der Waals surface area contributed by atoms with Crippen molar-refractivity contribution in [2.24, 2.45) is 112 Å². The zero-order chi connectivity index (χ0) is 53.3. The van der Waals surface area contributed by atoms with Crippen LogP contribution in [0.4, 0.5) is 0 Å². The van der Waals surface area contributed by atoms with Crippen molar-refractivity contribution in [2.45, 2.75) is 276 Å². The van der Waals surface area contributed by atoms with Crippen molar-refractivity contribution in [3.63, 3.8) is 0 Å². The molecule has 4 nitrogen and oxygen atoms in total. The molecule has 70 heavy (non-hydrogen) atoms. The highest BCUT2D eigenvalue weighted by molar-refractivity contribution is 5.75. The monoisotopic (exact) mass is 987 g/mol. The van der Waals surface area contributed by atoms with Gasteiger partial charge in [0.05, 0.1) is 25.9 Å².